The molecule has 0 spiro atoms. The predicted octanol–water partition coefficient (Wildman–Crippen LogP) is 3.06. The number of aliphatic imine (C=N–C) groups is 1. The number of amidine groups is 1. The molecule has 0 aliphatic carbocycles. The molecular weight excluding hydrogens is 350 g/mol. The molecule has 24 heavy (non-hydrogen) atoms. The molecule has 1 saturated heterocycles. The summed E-state index contributed by atoms with van der Waals surface area (Å²) in [5.74, 6) is 0.102. The number of benzene rings is 1. The molecule has 0 bridgehead atoms. The second-order valence-corrected chi connectivity index (χ2v) is 6.84. The maximum Gasteiger partial charge on any atom is 0.240 e. The summed E-state index contributed by atoms with van der Waals surface area (Å²) in [5.41, 5.74) is 0.561. The quantitative estimate of drug-likeness (QED) is 0.724. The van der Waals surface area contributed by atoms with E-state index in [0.717, 1.165) is 12.8 Å². The van der Waals surface area contributed by atoms with E-state index in [1.165, 1.54) is 18.9 Å². The van der Waals surface area contributed by atoms with Crippen LogP contribution in [0.3, 0.4) is 0 Å². The number of halogens is 1. The van der Waals surface area contributed by atoms with Crippen LogP contribution in [0.1, 0.15) is 26.2 Å². The molecule has 0 aromatic heterocycles. The highest BCUT2D eigenvalue weighted by Crippen LogP contribution is 2.28. The Morgan fingerprint density at radius 2 is 2.29 bits per heavy atom. The molecule has 1 heterocycles. The summed E-state index contributed by atoms with van der Waals surface area (Å²) in [5, 5.41) is 6.00. The van der Waals surface area contributed by atoms with Gasteiger partial charge in [-0.3, -0.25) is 14.6 Å². The SMILES string of the molecule is CCCCN=C1NC(=O)[C@@H](CC(=O)Nc2ccc(OC)c(Cl)c2)S1. The van der Waals surface area contributed by atoms with Crippen LogP contribution in [-0.2, 0) is 9.59 Å². The van der Waals surface area contributed by atoms with Crippen molar-refractivity contribution >= 4 is 46.0 Å². The molecule has 1 aromatic carbocycles. The van der Waals surface area contributed by atoms with Gasteiger partial charge in [-0.15, -0.1) is 0 Å². The second-order valence-electron chi connectivity index (χ2n) is 5.24. The lowest BCUT2D eigenvalue weighted by atomic mass is 10.2. The fraction of sp³-hybridized carbons (Fsp3) is 0.438. The lowest BCUT2D eigenvalue weighted by Crippen LogP contribution is -2.28. The second kappa shape index (κ2) is 8.94. The maximum absolute atomic E-state index is 12.1. The number of methoxy groups -OCH3 is 1. The van der Waals surface area contributed by atoms with Crippen LogP contribution in [-0.4, -0.2) is 35.9 Å². The summed E-state index contributed by atoms with van der Waals surface area (Å²) < 4.78 is 5.06. The number of thioether (sulfide) groups is 1. The summed E-state index contributed by atoms with van der Waals surface area (Å²) in [6.45, 7) is 2.77. The number of amides is 2. The van der Waals surface area contributed by atoms with Gasteiger partial charge in [-0.1, -0.05) is 36.7 Å². The Morgan fingerprint density at radius 1 is 1.50 bits per heavy atom. The van der Waals surface area contributed by atoms with Gasteiger partial charge in [0.15, 0.2) is 5.17 Å². The number of rotatable bonds is 7. The van der Waals surface area contributed by atoms with E-state index in [4.69, 9.17) is 16.3 Å². The summed E-state index contributed by atoms with van der Waals surface area (Å²) >= 11 is 7.33. The first kappa shape index (κ1) is 18.6. The average Bonchev–Trinajstić information content (AvgIpc) is 2.87. The smallest absolute Gasteiger partial charge is 0.240 e. The van der Waals surface area contributed by atoms with E-state index < -0.39 is 5.25 Å². The van der Waals surface area contributed by atoms with Gasteiger partial charge in [0, 0.05) is 18.7 Å². The molecule has 1 aromatic rings. The monoisotopic (exact) mass is 369 g/mol. The topological polar surface area (TPSA) is 79.8 Å². The Balaban J connectivity index is 1.89. The molecule has 1 fully saturated rings. The Labute approximate surface area is 150 Å². The molecular formula is C16H20ClN3O3S. The third kappa shape index (κ3) is 5.14. The third-order valence-electron chi connectivity index (χ3n) is 3.35. The van der Waals surface area contributed by atoms with Crippen LogP contribution < -0.4 is 15.4 Å². The zero-order valence-electron chi connectivity index (χ0n) is 13.6. The summed E-state index contributed by atoms with van der Waals surface area (Å²) in [6, 6.07) is 4.98. The van der Waals surface area contributed by atoms with Gasteiger partial charge in [-0.05, 0) is 24.6 Å². The van der Waals surface area contributed by atoms with E-state index in [-0.39, 0.29) is 18.2 Å². The molecule has 0 radical (unpaired) electrons. The Hall–Kier alpha value is -1.73. The number of ether oxygens (including phenoxy) is 1. The van der Waals surface area contributed by atoms with Crippen molar-refractivity contribution in [1.82, 2.24) is 5.32 Å². The van der Waals surface area contributed by atoms with Gasteiger partial charge in [-0.2, -0.15) is 0 Å². The molecule has 1 aliphatic heterocycles. The van der Waals surface area contributed by atoms with Crippen LogP contribution >= 0.6 is 23.4 Å². The van der Waals surface area contributed by atoms with Crippen LogP contribution in [0.2, 0.25) is 5.02 Å². The standard InChI is InChI=1S/C16H20ClN3O3S/c1-3-4-7-18-16-20-15(22)13(24-16)9-14(21)19-10-5-6-12(23-2)11(17)8-10/h5-6,8,13H,3-4,7,9H2,1-2H3,(H,19,21)(H,18,20,22)/t13-/m1/s1. The number of carbonyl (C=O) groups is 2. The number of carbonyl (C=O) groups excluding carboxylic acids is 2. The van der Waals surface area contributed by atoms with E-state index >= 15 is 0 Å². The van der Waals surface area contributed by atoms with E-state index in [9.17, 15) is 9.59 Å². The number of hydrogen-bond acceptors (Lipinski definition) is 5. The van der Waals surface area contributed by atoms with Gasteiger partial charge in [0.2, 0.25) is 11.8 Å². The molecule has 0 unspecified atom stereocenters. The Morgan fingerprint density at radius 3 is 2.96 bits per heavy atom. The van der Waals surface area contributed by atoms with E-state index in [1.54, 1.807) is 18.2 Å². The zero-order valence-corrected chi connectivity index (χ0v) is 15.2. The number of unbranched alkanes of at least 4 members (excludes halogenated alkanes) is 1. The molecule has 130 valence electrons. The van der Waals surface area contributed by atoms with E-state index in [0.29, 0.717) is 28.2 Å². The zero-order chi connectivity index (χ0) is 17.5. The lowest BCUT2D eigenvalue weighted by Gasteiger charge is -2.09. The number of anilines is 1. The average molecular weight is 370 g/mol. The van der Waals surface area contributed by atoms with Crippen LogP contribution in [0, 0.1) is 0 Å². The molecule has 1 atom stereocenters. The minimum atomic E-state index is -0.459. The van der Waals surface area contributed by atoms with Crippen molar-refractivity contribution in [3.05, 3.63) is 23.2 Å². The van der Waals surface area contributed by atoms with Gasteiger partial charge < -0.3 is 15.4 Å². The van der Waals surface area contributed by atoms with E-state index in [1.807, 2.05) is 0 Å². The van der Waals surface area contributed by atoms with Gasteiger partial charge in [0.1, 0.15) is 11.0 Å². The molecule has 0 saturated carbocycles. The Bertz CT molecular complexity index is 651. The van der Waals surface area contributed by atoms with Crippen LogP contribution in [0.5, 0.6) is 5.75 Å². The van der Waals surface area contributed by atoms with Crippen molar-refractivity contribution in [2.75, 3.05) is 19.0 Å². The van der Waals surface area contributed by atoms with Gasteiger partial charge in [0.05, 0.1) is 12.1 Å². The molecule has 8 heteroatoms. The van der Waals surface area contributed by atoms with Crippen molar-refractivity contribution in [2.24, 2.45) is 4.99 Å². The first-order valence-corrected chi connectivity index (χ1v) is 8.94. The first-order chi connectivity index (χ1) is 11.5. The van der Waals surface area contributed by atoms with E-state index in [2.05, 4.69) is 22.5 Å². The molecule has 1 aliphatic rings. The first-order valence-electron chi connectivity index (χ1n) is 7.68. The van der Waals surface area contributed by atoms with Crippen molar-refractivity contribution in [3.8, 4) is 5.75 Å². The highest BCUT2D eigenvalue weighted by atomic mass is 35.5. The Kier molecular flexibility index (Phi) is 6.93. The molecule has 2 amide bonds. The van der Waals surface area contributed by atoms with Crippen molar-refractivity contribution in [1.29, 1.82) is 0 Å². The fourth-order valence-electron chi connectivity index (χ4n) is 2.08. The largest absolute Gasteiger partial charge is 0.495 e. The summed E-state index contributed by atoms with van der Waals surface area (Å²) in [6.07, 6.45) is 2.10. The van der Waals surface area contributed by atoms with Crippen molar-refractivity contribution < 1.29 is 14.3 Å². The van der Waals surface area contributed by atoms with Gasteiger partial charge in [-0.25, -0.2) is 0 Å². The molecule has 2 N–H and O–H groups in total. The molecule has 2 rings (SSSR count). The van der Waals surface area contributed by atoms with Gasteiger partial charge in [0.25, 0.3) is 0 Å². The summed E-state index contributed by atoms with van der Waals surface area (Å²) in [4.78, 5) is 28.4. The lowest BCUT2D eigenvalue weighted by molar-refractivity contribution is -0.122. The third-order valence-corrected chi connectivity index (χ3v) is 4.76. The molecule has 6 nitrogen and oxygen atoms in total. The highest BCUT2D eigenvalue weighted by molar-refractivity contribution is 8.15. The summed E-state index contributed by atoms with van der Waals surface area (Å²) in [7, 11) is 1.52. The number of nitrogens with zero attached hydrogens (tertiary/aromatic N) is 1. The normalized spacial score (nSPS) is 18.5. The van der Waals surface area contributed by atoms with Crippen LogP contribution in [0.15, 0.2) is 23.2 Å². The number of hydrogen-bond donors (Lipinski definition) is 2. The highest BCUT2D eigenvalue weighted by Gasteiger charge is 2.31. The van der Waals surface area contributed by atoms with Crippen molar-refractivity contribution in [3.63, 3.8) is 0 Å². The predicted molar refractivity (Wildman–Crippen MR) is 98.0 cm³/mol. The van der Waals surface area contributed by atoms with Crippen molar-refractivity contribution in [2.45, 2.75) is 31.4 Å². The van der Waals surface area contributed by atoms with Crippen LogP contribution in [0.4, 0.5) is 5.69 Å². The number of nitrogens with one attached hydrogen (secondary N) is 2. The minimum absolute atomic E-state index is 0.0763. The van der Waals surface area contributed by atoms with Crippen LogP contribution in [0.25, 0.3) is 0 Å². The van der Waals surface area contributed by atoms with Gasteiger partial charge >= 0.3 is 0 Å². The minimum Gasteiger partial charge on any atom is -0.495 e. The fourth-order valence-corrected chi connectivity index (χ4v) is 3.33. The maximum atomic E-state index is 12.1.